The number of amides is 2. The lowest BCUT2D eigenvalue weighted by Crippen LogP contribution is -2.56. The molecule has 2 amide bonds. The van der Waals surface area contributed by atoms with Crippen molar-refractivity contribution in [1.29, 1.82) is 0 Å². The lowest BCUT2D eigenvalue weighted by molar-refractivity contribution is -0.176. The lowest BCUT2D eigenvalue weighted by Gasteiger charge is -2.48. The van der Waals surface area contributed by atoms with Gasteiger partial charge in [-0.2, -0.15) is 0 Å². The van der Waals surface area contributed by atoms with Crippen LogP contribution in [0, 0.1) is 5.92 Å². The van der Waals surface area contributed by atoms with Gasteiger partial charge in [0.25, 0.3) is 0 Å². The average molecular weight is 435 g/mol. The van der Waals surface area contributed by atoms with Crippen LogP contribution in [0.3, 0.4) is 0 Å². The van der Waals surface area contributed by atoms with Crippen molar-refractivity contribution in [2.24, 2.45) is 5.92 Å². The molecule has 3 aliphatic rings. The van der Waals surface area contributed by atoms with Crippen molar-refractivity contribution in [3.63, 3.8) is 0 Å². The molecule has 0 saturated carbocycles. The first kappa shape index (κ1) is 21.0. The molecule has 0 radical (unpaired) electrons. The number of hydrogen-bond donors (Lipinski definition) is 0. The molecule has 0 aromatic heterocycles. The summed E-state index contributed by atoms with van der Waals surface area (Å²) in [7, 11) is 3.15. The van der Waals surface area contributed by atoms with Crippen molar-refractivity contribution in [2.75, 3.05) is 20.8 Å². The minimum absolute atomic E-state index is 0.00316. The number of carbonyl (C=O) groups is 2. The quantitative estimate of drug-likeness (QED) is 0.661. The maximum absolute atomic E-state index is 13.2. The van der Waals surface area contributed by atoms with E-state index in [1.807, 2.05) is 17.0 Å². The smallest absolute Gasteiger partial charge is 0.410 e. The fourth-order valence-electron chi connectivity index (χ4n) is 5.90. The van der Waals surface area contributed by atoms with Crippen molar-refractivity contribution in [1.82, 2.24) is 9.96 Å². The normalized spacial score (nSPS) is 23.9. The van der Waals surface area contributed by atoms with E-state index in [9.17, 15) is 9.59 Å². The molecule has 2 heterocycles. The minimum atomic E-state index is -0.243. The van der Waals surface area contributed by atoms with Gasteiger partial charge in [0.2, 0.25) is 5.91 Å². The molecule has 0 N–H and O–H groups in total. The Morgan fingerprint density at radius 1 is 0.969 bits per heavy atom. The van der Waals surface area contributed by atoms with E-state index in [-0.39, 0.29) is 35.9 Å². The second-order valence-corrected chi connectivity index (χ2v) is 9.14. The average Bonchev–Trinajstić information content (AvgIpc) is 3.14. The first-order chi connectivity index (χ1) is 15.6. The molecule has 2 aromatic carbocycles. The number of hydroxylamine groups is 2. The van der Waals surface area contributed by atoms with Gasteiger partial charge in [-0.1, -0.05) is 48.5 Å². The van der Waals surface area contributed by atoms with Gasteiger partial charge in [0.05, 0.1) is 7.11 Å². The summed E-state index contributed by atoms with van der Waals surface area (Å²) >= 11 is 0. The van der Waals surface area contributed by atoms with Crippen LogP contribution >= 0.6 is 0 Å². The van der Waals surface area contributed by atoms with Crippen molar-refractivity contribution in [3.05, 3.63) is 59.7 Å². The van der Waals surface area contributed by atoms with Gasteiger partial charge in [-0.15, -0.1) is 0 Å². The van der Waals surface area contributed by atoms with Gasteiger partial charge in [0.15, 0.2) is 0 Å². The third-order valence-corrected chi connectivity index (χ3v) is 7.46. The van der Waals surface area contributed by atoms with Gasteiger partial charge in [-0.05, 0) is 54.4 Å². The number of carbonyl (C=O) groups excluding carboxylic acids is 2. The van der Waals surface area contributed by atoms with Crippen LogP contribution in [0.15, 0.2) is 48.5 Å². The molecule has 1 aliphatic carbocycles. The molecule has 2 unspecified atom stereocenters. The summed E-state index contributed by atoms with van der Waals surface area (Å²) in [6.07, 6.45) is 4.03. The Bertz CT molecular complexity index is 963. The fraction of sp³-hybridized carbons (Fsp3) is 0.462. The van der Waals surface area contributed by atoms with E-state index in [0.717, 1.165) is 19.3 Å². The number of fused-ring (bicyclic) bond motifs is 5. The summed E-state index contributed by atoms with van der Waals surface area (Å²) in [4.78, 5) is 32.9. The highest BCUT2D eigenvalue weighted by molar-refractivity contribution is 5.80. The van der Waals surface area contributed by atoms with Gasteiger partial charge in [0.1, 0.15) is 6.61 Å². The van der Waals surface area contributed by atoms with Crippen LogP contribution in [-0.2, 0) is 14.4 Å². The van der Waals surface area contributed by atoms with E-state index in [1.54, 1.807) is 7.05 Å². The molecule has 32 heavy (non-hydrogen) atoms. The van der Waals surface area contributed by atoms with Crippen molar-refractivity contribution < 1.29 is 19.2 Å². The number of benzene rings is 2. The molecule has 2 aliphatic heterocycles. The number of rotatable bonds is 4. The maximum atomic E-state index is 13.2. The summed E-state index contributed by atoms with van der Waals surface area (Å²) in [5.41, 5.74) is 4.88. The van der Waals surface area contributed by atoms with Crippen LogP contribution in [0.25, 0.3) is 11.1 Å². The maximum Gasteiger partial charge on any atom is 0.410 e. The van der Waals surface area contributed by atoms with Crippen molar-refractivity contribution in [3.8, 4) is 11.1 Å². The third kappa shape index (κ3) is 3.56. The molecule has 2 aromatic rings. The molecule has 168 valence electrons. The summed E-state index contributed by atoms with van der Waals surface area (Å²) in [5.74, 6) is -0.0508. The zero-order chi connectivity index (χ0) is 22.2. The Morgan fingerprint density at radius 3 is 2.09 bits per heavy atom. The third-order valence-electron chi connectivity index (χ3n) is 7.46. The highest BCUT2D eigenvalue weighted by Crippen LogP contribution is 2.45. The first-order valence-corrected chi connectivity index (χ1v) is 11.5. The van der Waals surface area contributed by atoms with Crippen molar-refractivity contribution in [2.45, 2.75) is 50.1 Å². The molecule has 6 nitrogen and oxygen atoms in total. The van der Waals surface area contributed by atoms with Crippen LogP contribution in [0.2, 0.25) is 0 Å². The van der Waals surface area contributed by atoms with Gasteiger partial charge in [-0.3, -0.25) is 9.63 Å². The fourth-order valence-corrected chi connectivity index (χ4v) is 5.90. The zero-order valence-corrected chi connectivity index (χ0v) is 18.7. The highest BCUT2D eigenvalue weighted by atomic mass is 16.7. The zero-order valence-electron chi connectivity index (χ0n) is 18.7. The molecule has 2 bridgehead atoms. The standard InChI is InChI=1S/C26H30N2O4/c1-27(31-2)25(29)17-14-18-8-7-9-19(15-17)28(18)26(30)32-16-24-22-12-5-3-10-20(22)21-11-4-6-13-23(21)24/h3-6,10-13,17-19,24H,7-9,14-16H2,1-2H3. The van der Waals surface area contributed by atoms with Crippen LogP contribution in [0.5, 0.6) is 0 Å². The van der Waals surface area contributed by atoms with E-state index < -0.39 is 0 Å². The number of nitrogens with zero attached hydrogens (tertiary/aromatic N) is 2. The second kappa shape index (κ2) is 8.58. The molecule has 2 saturated heterocycles. The van der Waals surface area contributed by atoms with E-state index in [1.165, 1.54) is 34.4 Å². The Kier molecular flexibility index (Phi) is 5.64. The summed E-state index contributed by atoms with van der Waals surface area (Å²) < 4.78 is 5.95. The highest BCUT2D eigenvalue weighted by Gasteiger charge is 2.44. The van der Waals surface area contributed by atoms with Crippen LogP contribution in [0.1, 0.15) is 49.1 Å². The number of piperidine rings is 2. The van der Waals surface area contributed by atoms with Gasteiger partial charge in [-0.25, -0.2) is 9.86 Å². The second-order valence-electron chi connectivity index (χ2n) is 9.14. The molecule has 0 spiro atoms. The van der Waals surface area contributed by atoms with Gasteiger partial charge in [0, 0.05) is 31.0 Å². The number of ether oxygens (including phenoxy) is 1. The Hall–Kier alpha value is -2.86. The summed E-state index contributed by atoms with van der Waals surface area (Å²) in [6.45, 7) is 0.331. The van der Waals surface area contributed by atoms with E-state index in [4.69, 9.17) is 9.57 Å². The molecule has 2 fully saturated rings. The lowest BCUT2D eigenvalue weighted by atomic mass is 9.78. The molecule has 6 heteroatoms. The van der Waals surface area contributed by atoms with Crippen LogP contribution < -0.4 is 0 Å². The monoisotopic (exact) mass is 434 g/mol. The van der Waals surface area contributed by atoms with Gasteiger partial charge >= 0.3 is 6.09 Å². The largest absolute Gasteiger partial charge is 0.448 e. The molecular weight excluding hydrogens is 404 g/mol. The molecule has 2 atom stereocenters. The van der Waals surface area contributed by atoms with Crippen LogP contribution in [0.4, 0.5) is 4.79 Å². The number of hydrogen-bond acceptors (Lipinski definition) is 4. The predicted molar refractivity (Wildman–Crippen MR) is 121 cm³/mol. The Morgan fingerprint density at radius 2 is 1.53 bits per heavy atom. The van der Waals surface area contributed by atoms with Crippen molar-refractivity contribution >= 4 is 12.0 Å². The SMILES string of the molecule is CON(C)C(=O)C1CC2CCCC(C1)N2C(=O)OCC1c2ccccc2-c2ccccc21. The minimum Gasteiger partial charge on any atom is -0.448 e. The van der Waals surface area contributed by atoms with Gasteiger partial charge < -0.3 is 9.64 Å². The first-order valence-electron chi connectivity index (χ1n) is 11.5. The summed E-state index contributed by atoms with van der Waals surface area (Å²) in [6, 6.07) is 16.8. The van der Waals surface area contributed by atoms with E-state index in [2.05, 4.69) is 36.4 Å². The predicted octanol–water partition coefficient (Wildman–Crippen LogP) is 4.59. The van der Waals surface area contributed by atoms with E-state index in [0.29, 0.717) is 19.4 Å². The summed E-state index contributed by atoms with van der Waals surface area (Å²) in [5, 5.41) is 1.31. The van der Waals surface area contributed by atoms with Crippen LogP contribution in [-0.4, -0.2) is 54.8 Å². The Labute approximate surface area is 189 Å². The Balaban J connectivity index is 1.30. The molecular formula is C26H30N2O4. The van der Waals surface area contributed by atoms with E-state index >= 15 is 0 Å². The topological polar surface area (TPSA) is 59.1 Å². The molecule has 5 rings (SSSR count).